The third kappa shape index (κ3) is 10.7. The lowest BCUT2D eigenvalue weighted by atomic mass is 10.1. The zero-order valence-corrected chi connectivity index (χ0v) is 17.6. The fourth-order valence-corrected chi connectivity index (χ4v) is 2.41. The van der Waals surface area contributed by atoms with E-state index < -0.39 is 0 Å². The molecule has 0 aliphatic rings. The highest BCUT2D eigenvalue weighted by molar-refractivity contribution is 7.80. The summed E-state index contributed by atoms with van der Waals surface area (Å²) in [5.41, 5.74) is 7.97. The van der Waals surface area contributed by atoms with Gasteiger partial charge in [-0.1, -0.05) is 67.4 Å². The quantitative estimate of drug-likeness (QED) is 0.494. The van der Waals surface area contributed by atoms with E-state index >= 15 is 0 Å². The minimum Gasteiger partial charge on any atom is -0.497 e. The average molecular weight is 402 g/mol. The van der Waals surface area contributed by atoms with E-state index in [0.717, 1.165) is 21.2 Å². The number of benzene rings is 3. The molecule has 4 heteroatoms. The van der Waals surface area contributed by atoms with Gasteiger partial charge in [-0.15, -0.1) is 12.6 Å². The molecular weight excluding hydrogens is 374 g/mol. The van der Waals surface area contributed by atoms with E-state index in [9.17, 15) is 0 Å². The number of nitrogens with two attached hydrogens (primary N) is 1. The predicted octanol–water partition coefficient (Wildman–Crippen LogP) is 6.42. The molecule has 0 saturated carbocycles. The van der Waals surface area contributed by atoms with Crippen molar-refractivity contribution < 1.29 is 4.74 Å². The molecule has 0 aromatic heterocycles. The Morgan fingerprint density at radius 3 is 1.89 bits per heavy atom. The average Bonchev–Trinajstić information content (AvgIpc) is 2.72. The summed E-state index contributed by atoms with van der Waals surface area (Å²) in [6.45, 7) is 2.79. The molecule has 0 unspecified atom stereocenters. The normalized spacial score (nSPS) is 9.37. The van der Waals surface area contributed by atoms with Crippen molar-refractivity contribution in [1.29, 1.82) is 0 Å². The number of methoxy groups -OCH3 is 1. The van der Waals surface area contributed by atoms with E-state index in [4.69, 9.17) is 22.1 Å². The minimum absolute atomic E-state index is 0.587. The molecular formula is C23H28ClNOS. The summed E-state index contributed by atoms with van der Waals surface area (Å²) in [6, 6.07) is 25.6. The molecule has 0 saturated heterocycles. The monoisotopic (exact) mass is 401 g/mol. The van der Waals surface area contributed by atoms with Crippen LogP contribution in [0.1, 0.15) is 24.5 Å². The standard InChI is InChI=1S/C9H12.C8H11NO.C6H5ClS/c1-2-6-9-7-4-3-5-8-9;1-10-8-4-2-7(6-9)3-5-8;7-5-1-3-6(8)4-2-5/h3-5,7-8H,2,6H2,1H3;2-5H,6,9H2,1H3;1-4,8H. The SMILES string of the molecule is CCCc1ccccc1.COc1ccc(CN)cc1.Sc1ccc(Cl)cc1. The number of hydrogen-bond acceptors (Lipinski definition) is 3. The largest absolute Gasteiger partial charge is 0.497 e. The summed E-state index contributed by atoms with van der Waals surface area (Å²) in [5.74, 6) is 0.872. The van der Waals surface area contributed by atoms with Crippen molar-refractivity contribution in [3.63, 3.8) is 0 Å². The molecule has 0 aliphatic heterocycles. The summed E-state index contributed by atoms with van der Waals surface area (Å²) >= 11 is 9.65. The lowest BCUT2D eigenvalue weighted by molar-refractivity contribution is 0.414. The molecule has 144 valence electrons. The highest BCUT2D eigenvalue weighted by Crippen LogP contribution is 2.11. The van der Waals surface area contributed by atoms with Gasteiger partial charge in [-0.05, 0) is 53.9 Å². The van der Waals surface area contributed by atoms with Gasteiger partial charge < -0.3 is 10.5 Å². The number of aryl methyl sites for hydroxylation is 1. The molecule has 0 aliphatic carbocycles. The van der Waals surface area contributed by atoms with Gasteiger partial charge in [-0.2, -0.15) is 0 Å². The van der Waals surface area contributed by atoms with Gasteiger partial charge in [0, 0.05) is 16.5 Å². The van der Waals surface area contributed by atoms with Crippen LogP contribution in [0.5, 0.6) is 5.75 Å². The van der Waals surface area contributed by atoms with Gasteiger partial charge in [0.25, 0.3) is 0 Å². The number of hydrogen-bond donors (Lipinski definition) is 2. The Kier molecular flexibility index (Phi) is 12.1. The topological polar surface area (TPSA) is 35.2 Å². The van der Waals surface area contributed by atoms with Gasteiger partial charge in [0.2, 0.25) is 0 Å². The fourth-order valence-electron chi connectivity index (χ4n) is 2.14. The molecule has 0 amide bonds. The first kappa shape index (κ1) is 23.1. The van der Waals surface area contributed by atoms with Gasteiger partial charge in [-0.3, -0.25) is 0 Å². The zero-order valence-electron chi connectivity index (χ0n) is 15.9. The smallest absolute Gasteiger partial charge is 0.118 e. The van der Waals surface area contributed by atoms with Crippen LogP contribution >= 0.6 is 24.2 Å². The van der Waals surface area contributed by atoms with Gasteiger partial charge in [0.15, 0.2) is 0 Å². The van der Waals surface area contributed by atoms with Crippen molar-refractivity contribution in [2.75, 3.05) is 7.11 Å². The molecule has 0 spiro atoms. The van der Waals surface area contributed by atoms with E-state index in [-0.39, 0.29) is 0 Å². The zero-order chi connectivity index (χ0) is 19.9. The van der Waals surface area contributed by atoms with Crippen LogP contribution in [-0.2, 0) is 13.0 Å². The number of halogens is 1. The van der Waals surface area contributed by atoms with Crippen molar-refractivity contribution in [1.82, 2.24) is 0 Å². The van der Waals surface area contributed by atoms with E-state index in [1.165, 1.54) is 18.4 Å². The Balaban J connectivity index is 0.000000204. The second-order valence-corrected chi connectivity index (χ2v) is 6.72. The van der Waals surface area contributed by atoms with Crippen molar-refractivity contribution >= 4 is 24.2 Å². The van der Waals surface area contributed by atoms with Gasteiger partial charge in [0.05, 0.1) is 7.11 Å². The van der Waals surface area contributed by atoms with Crippen LogP contribution in [0.2, 0.25) is 5.02 Å². The van der Waals surface area contributed by atoms with Gasteiger partial charge >= 0.3 is 0 Å². The summed E-state index contributed by atoms with van der Waals surface area (Å²) in [6.07, 6.45) is 2.45. The van der Waals surface area contributed by atoms with E-state index in [1.807, 2.05) is 48.5 Å². The summed E-state index contributed by atoms with van der Waals surface area (Å²) in [7, 11) is 1.65. The maximum atomic E-state index is 5.58. The number of ether oxygens (including phenoxy) is 1. The van der Waals surface area contributed by atoms with Crippen LogP contribution in [0.25, 0.3) is 0 Å². The Bertz CT molecular complexity index is 687. The van der Waals surface area contributed by atoms with Crippen molar-refractivity contribution in [3.05, 3.63) is 95.0 Å². The summed E-state index contributed by atoms with van der Waals surface area (Å²) in [4.78, 5) is 0.939. The molecule has 3 aromatic rings. The van der Waals surface area contributed by atoms with E-state index in [2.05, 4.69) is 49.9 Å². The lowest BCUT2D eigenvalue weighted by Crippen LogP contribution is -1.95. The molecule has 2 N–H and O–H groups in total. The van der Waals surface area contributed by atoms with E-state index in [0.29, 0.717) is 6.54 Å². The maximum Gasteiger partial charge on any atom is 0.118 e. The fraction of sp³-hybridized carbons (Fsp3) is 0.217. The van der Waals surface area contributed by atoms with Crippen molar-refractivity contribution in [3.8, 4) is 5.75 Å². The first-order valence-corrected chi connectivity index (χ1v) is 9.73. The Morgan fingerprint density at radius 1 is 0.852 bits per heavy atom. The maximum absolute atomic E-state index is 5.58. The molecule has 0 atom stereocenters. The van der Waals surface area contributed by atoms with Crippen LogP contribution in [0, 0.1) is 0 Å². The van der Waals surface area contributed by atoms with E-state index in [1.54, 1.807) is 7.11 Å². The second kappa shape index (κ2) is 14.2. The minimum atomic E-state index is 0.587. The van der Waals surface area contributed by atoms with Gasteiger partial charge in [-0.25, -0.2) is 0 Å². The molecule has 0 heterocycles. The predicted molar refractivity (Wildman–Crippen MR) is 120 cm³/mol. The first-order chi connectivity index (χ1) is 13.1. The Morgan fingerprint density at radius 2 is 1.44 bits per heavy atom. The molecule has 3 rings (SSSR count). The highest BCUT2D eigenvalue weighted by Gasteiger charge is 1.89. The molecule has 2 nitrogen and oxygen atoms in total. The first-order valence-electron chi connectivity index (χ1n) is 8.90. The third-order valence-corrected chi connectivity index (χ3v) is 4.15. The van der Waals surface area contributed by atoms with Crippen LogP contribution in [-0.4, -0.2) is 7.11 Å². The third-order valence-electron chi connectivity index (χ3n) is 3.60. The highest BCUT2D eigenvalue weighted by atomic mass is 35.5. The van der Waals surface area contributed by atoms with Crippen LogP contribution in [0.15, 0.2) is 83.8 Å². The Labute approximate surface area is 173 Å². The van der Waals surface area contributed by atoms with Crippen LogP contribution in [0.4, 0.5) is 0 Å². The van der Waals surface area contributed by atoms with Crippen molar-refractivity contribution in [2.24, 2.45) is 5.73 Å². The summed E-state index contributed by atoms with van der Waals surface area (Å²) in [5, 5.41) is 0.753. The van der Waals surface area contributed by atoms with Crippen LogP contribution < -0.4 is 10.5 Å². The van der Waals surface area contributed by atoms with Crippen molar-refractivity contribution in [2.45, 2.75) is 31.2 Å². The Hall–Kier alpha value is -1.94. The lowest BCUT2D eigenvalue weighted by Gasteiger charge is -1.99. The second-order valence-electron chi connectivity index (χ2n) is 5.76. The molecule has 0 radical (unpaired) electrons. The molecule has 0 bridgehead atoms. The number of thiol groups is 1. The summed E-state index contributed by atoms with van der Waals surface area (Å²) < 4.78 is 4.97. The number of rotatable bonds is 4. The molecule has 3 aromatic carbocycles. The molecule has 27 heavy (non-hydrogen) atoms. The van der Waals surface area contributed by atoms with Gasteiger partial charge in [0.1, 0.15) is 5.75 Å². The molecule has 0 fully saturated rings. The van der Waals surface area contributed by atoms with Crippen LogP contribution in [0.3, 0.4) is 0 Å².